The number of carboxylic acids is 1. The number of hydrogen-bond donors (Lipinski definition) is 3. The van der Waals surface area contributed by atoms with Gasteiger partial charge >= 0.3 is 18.0 Å². The van der Waals surface area contributed by atoms with E-state index in [9.17, 15) is 23.9 Å². The highest BCUT2D eigenvalue weighted by Crippen LogP contribution is 2.41. The van der Waals surface area contributed by atoms with Crippen LogP contribution in [0.1, 0.15) is 33.2 Å². The fraction of sp³-hybridized carbons (Fsp3) is 0.148. The first-order valence-corrected chi connectivity index (χ1v) is 11.2. The molecule has 5 rings (SSSR count). The zero-order valence-corrected chi connectivity index (χ0v) is 19.2. The summed E-state index contributed by atoms with van der Waals surface area (Å²) < 4.78 is 18.5. The summed E-state index contributed by atoms with van der Waals surface area (Å²) in [5, 5.41) is 13.7. The Morgan fingerprint density at radius 2 is 1.81 bits per heavy atom. The third kappa shape index (κ3) is 4.04. The molecule has 0 spiro atoms. The minimum absolute atomic E-state index is 0.0853. The Morgan fingerprint density at radius 3 is 2.50 bits per heavy atom. The quantitative estimate of drug-likeness (QED) is 0.361. The van der Waals surface area contributed by atoms with Gasteiger partial charge in [-0.1, -0.05) is 36.4 Å². The van der Waals surface area contributed by atoms with Crippen molar-refractivity contribution in [2.75, 3.05) is 12.4 Å². The molecule has 182 valence electrons. The van der Waals surface area contributed by atoms with E-state index in [-0.39, 0.29) is 12.1 Å². The van der Waals surface area contributed by atoms with E-state index in [2.05, 4.69) is 10.3 Å². The van der Waals surface area contributed by atoms with E-state index < -0.39 is 35.9 Å². The van der Waals surface area contributed by atoms with Gasteiger partial charge in [0.05, 0.1) is 12.7 Å². The molecule has 0 saturated heterocycles. The van der Waals surface area contributed by atoms with Gasteiger partial charge in [0.25, 0.3) is 0 Å². The second-order valence-corrected chi connectivity index (χ2v) is 8.48. The van der Waals surface area contributed by atoms with Crippen molar-refractivity contribution < 1.29 is 28.6 Å². The normalized spacial score (nSPS) is 16.9. The van der Waals surface area contributed by atoms with Crippen LogP contribution in [-0.4, -0.2) is 46.1 Å². The number of fused-ring (bicyclic) bond motifs is 3. The first-order valence-electron chi connectivity index (χ1n) is 11.2. The summed E-state index contributed by atoms with van der Waals surface area (Å²) in [5.74, 6) is -2.22. The number of H-pyrrole nitrogens is 1. The molecule has 0 aliphatic carbocycles. The van der Waals surface area contributed by atoms with E-state index in [1.165, 1.54) is 30.2 Å². The van der Waals surface area contributed by atoms with Gasteiger partial charge in [0.1, 0.15) is 17.9 Å². The largest absolute Gasteiger partial charge is 0.480 e. The number of urea groups is 1. The molecule has 0 fully saturated rings. The minimum atomic E-state index is -1.20. The number of aromatic amines is 1. The van der Waals surface area contributed by atoms with E-state index in [1.807, 2.05) is 24.3 Å². The van der Waals surface area contributed by atoms with Gasteiger partial charge in [-0.05, 0) is 47.5 Å². The molecule has 1 aliphatic rings. The molecular weight excluding hydrogens is 465 g/mol. The maximum Gasteiger partial charge on any atom is 0.337 e. The molecule has 1 aromatic heterocycles. The molecule has 3 aromatic carbocycles. The van der Waals surface area contributed by atoms with Gasteiger partial charge in [0.2, 0.25) is 0 Å². The number of aromatic nitrogens is 1. The fourth-order valence-corrected chi connectivity index (χ4v) is 4.75. The number of ether oxygens (including phenoxy) is 1. The molecule has 4 aromatic rings. The second-order valence-electron chi connectivity index (χ2n) is 8.48. The average Bonchev–Trinajstić information content (AvgIpc) is 3.25. The molecule has 0 saturated carbocycles. The first kappa shape index (κ1) is 23.1. The van der Waals surface area contributed by atoms with Crippen molar-refractivity contribution in [1.29, 1.82) is 0 Å². The molecule has 2 atom stereocenters. The van der Waals surface area contributed by atoms with E-state index in [0.717, 1.165) is 22.5 Å². The van der Waals surface area contributed by atoms with E-state index in [0.29, 0.717) is 16.8 Å². The number of esters is 1. The number of methoxy groups -OCH3 is 1. The Kier molecular flexibility index (Phi) is 5.89. The maximum absolute atomic E-state index is 13.8. The Bertz CT molecular complexity index is 1480. The number of nitrogens with zero attached hydrogens (tertiary/aromatic N) is 1. The lowest BCUT2D eigenvalue weighted by molar-refractivity contribution is -0.143. The Balaban J connectivity index is 1.66. The lowest BCUT2D eigenvalue weighted by atomic mass is 9.88. The number of carbonyl (C=O) groups is 3. The van der Waals surface area contributed by atoms with Gasteiger partial charge in [-0.25, -0.2) is 18.8 Å². The van der Waals surface area contributed by atoms with Gasteiger partial charge in [0, 0.05) is 28.7 Å². The van der Waals surface area contributed by atoms with Crippen LogP contribution in [0.3, 0.4) is 0 Å². The van der Waals surface area contributed by atoms with Crippen LogP contribution in [0.4, 0.5) is 14.9 Å². The monoisotopic (exact) mass is 487 g/mol. The van der Waals surface area contributed by atoms with Crippen LogP contribution in [0.15, 0.2) is 72.8 Å². The molecule has 36 heavy (non-hydrogen) atoms. The van der Waals surface area contributed by atoms with Crippen molar-refractivity contribution in [2.24, 2.45) is 0 Å². The van der Waals surface area contributed by atoms with Crippen LogP contribution in [0.5, 0.6) is 0 Å². The summed E-state index contributed by atoms with van der Waals surface area (Å²) >= 11 is 0. The molecule has 1 aliphatic heterocycles. The number of para-hydroxylation sites is 1. The zero-order chi connectivity index (χ0) is 25.4. The van der Waals surface area contributed by atoms with Crippen molar-refractivity contribution in [2.45, 2.75) is 18.5 Å². The van der Waals surface area contributed by atoms with Gasteiger partial charge in [-0.3, -0.25) is 4.90 Å². The van der Waals surface area contributed by atoms with Crippen LogP contribution in [-0.2, 0) is 16.0 Å². The third-order valence-corrected chi connectivity index (χ3v) is 6.37. The second kappa shape index (κ2) is 9.18. The molecule has 2 unspecified atom stereocenters. The maximum atomic E-state index is 13.8. The molecule has 2 heterocycles. The molecule has 2 amide bonds. The predicted molar refractivity (Wildman–Crippen MR) is 130 cm³/mol. The number of rotatable bonds is 4. The van der Waals surface area contributed by atoms with Crippen LogP contribution in [0.25, 0.3) is 10.9 Å². The standard InChI is InChI=1S/C27H22FN3O5/c1-36-26(34)16-11-9-15(10-12-16)24-23-20(19-7-2-3-8-21(19)30-23)14-22(25(32)33)31(24)27(35)29-18-6-4-5-17(28)13-18/h2-13,22,24,30H,14H2,1H3,(H,29,35)(H,32,33). The number of hydrogen-bond acceptors (Lipinski definition) is 4. The van der Waals surface area contributed by atoms with E-state index >= 15 is 0 Å². The summed E-state index contributed by atoms with van der Waals surface area (Å²) in [7, 11) is 1.28. The van der Waals surface area contributed by atoms with Crippen LogP contribution in [0.2, 0.25) is 0 Å². The predicted octanol–water partition coefficient (Wildman–Crippen LogP) is 4.73. The first-order chi connectivity index (χ1) is 17.4. The Morgan fingerprint density at radius 1 is 1.06 bits per heavy atom. The number of amides is 2. The number of anilines is 1. The Hall–Kier alpha value is -4.66. The van der Waals surface area contributed by atoms with Crippen molar-refractivity contribution in [3.8, 4) is 0 Å². The molecular formula is C27H22FN3O5. The Labute approximate surface area is 205 Å². The van der Waals surface area contributed by atoms with Gasteiger partial charge < -0.3 is 20.1 Å². The van der Waals surface area contributed by atoms with Crippen LogP contribution in [0, 0.1) is 5.82 Å². The van der Waals surface area contributed by atoms with Crippen LogP contribution >= 0.6 is 0 Å². The number of carboxylic acid groups (broad SMARTS) is 1. The molecule has 3 N–H and O–H groups in total. The highest BCUT2D eigenvalue weighted by atomic mass is 19.1. The van der Waals surface area contributed by atoms with E-state index in [4.69, 9.17) is 4.74 Å². The number of benzene rings is 3. The number of aliphatic carboxylic acids is 1. The average molecular weight is 487 g/mol. The van der Waals surface area contributed by atoms with E-state index in [1.54, 1.807) is 24.3 Å². The number of halogens is 1. The molecule has 0 bridgehead atoms. The zero-order valence-electron chi connectivity index (χ0n) is 19.2. The molecule has 8 nitrogen and oxygen atoms in total. The summed E-state index contributed by atoms with van der Waals surface area (Å²) in [5.41, 5.74) is 3.40. The summed E-state index contributed by atoms with van der Waals surface area (Å²) in [4.78, 5) is 42.6. The summed E-state index contributed by atoms with van der Waals surface area (Å²) in [6, 6.07) is 16.7. The lowest BCUT2D eigenvalue weighted by Gasteiger charge is -2.40. The van der Waals surface area contributed by atoms with Gasteiger partial charge in [-0.2, -0.15) is 0 Å². The SMILES string of the molecule is COC(=O)c1ccc(C2c3[nH]c4ccccc4c3CC(C(=O)O)N2C(=O)Nc2cccc(F)c2)cc1. The fourth-order valence-electron chi connectivity index (χ4n) is 4.75. The van der Waals surface area contributed by atoms with Crippen molar-refractivity contribution in [3.05, 3.63) is 101 Å². The summed E-state index contributed by atoms with van der Waals surface area (Å²) in [6.45, 7) is 0. The number of carbonyl (C=O) groups excluding carboxylic acids is 2. The molecule has 0 radical (unpaired) electrons. The smallest absolute Gasteiger partial charge is 0.337 e. The van der Waals surface area contributed by atoms with Crippen molar-refractivity contribution >= 4 is 34.6 Å². The highest BCUT2D eigenvalue weighted by molar-refractivity contribution is 5.95. The highest BCUT2D eigenvalue weighted by Gasteiger charge is 2.43. The van der Waals surface area contributed by atoms with Gasteiger partial charge in [-0.15, -0.1) is 0 Å². The van der Waals surface area contributed by atoms with Crippen molar-refractivity contribution in [3.63, 3.8) is 0 Å². The molecule has 9 heteroatoms. The van der Waals surface area contributed by atoms with Gasteiger partial charge in [0.15, 0.2) is 0 Å². The van der Waals surface area contributed by atoms with Crippen molar-refractivity contribution in [1.82, 2.24) is 9.88 Å². The topological polar surface area (TPSA) is 112 Å². The number of nitrogens with one attached hydrogen (secondary N) is 2. The summed E-state index contributed by atoms with van der Waals surface area (Å²) in [6.07, 6.45) is 0.0853. The van der Waals surface area contributed by atoms with Crippen LogP contribution < -0.4 is 5.32 Å². The third-order valence-electron chi connectivity index (χ3n) is 6.37. The lowest BCUT2D eigenvalue weighted by Crippen LogP contribution is -2.53. The minimum Gasteiger partial charge on any atom is -0.480 e.